The Morgan fingerprint density at radius 2 is 2.07 bits per heavy atom. The molecule has 154 valence electrons. The van der Waals surface area contributed by atoms with Gasteiger partial charge in [0, 0.05) is 24.2 Å². The molecule has 5 saturated heterocycles. The minimum Gasteiger partial charge on any atom is -0.489 e. The van der Waals surface area contributed by atoms with Crippen LogP contribution in [0.25, 0.3) is 10.9 Å². The van der Waals surface area contributed by atoms with E-state index >= 15 is 0 Å². The molecule has 5 aliphatic rings. The molecule has 2 unspecified atom stereocenters. The first-order chi connectivity index (χ1) is 14.8. The van der Waals surface area contributed by atoms with Crippen molar-refractivity contribution < 1.29 is 9.47 Å². The molecule has 1 aromatic heterocycles. The van der Waals surface area contributed by atoms with E-state index in [1.165, 1.54) is 30.5 Å². The molecule has 0 amide bonds. The van der Waals surface area contributed by atoms with E-state index < -0.39 is 0 Å². The normalized spacial score (nSPS) is 31.9. The predicted octanol–water partition coefficient (Wildman–Crippen LogP) is 5.13. The number of pyridine rings is 1. The van der Waals surface area contributed by atoms with Crippen LogP contribution in [0.15, 0.2) is 60.8 Å². The van der Waals surface area contributed by atoms with Crippen molar-refractivity contribution in [1.29, 1.82) is 0 Å². The summed E-state index contributed by atoms with van der Waals surface area (Å²) in [7, 11) is 0. The molecule has 0 spiro atoms. The molecule has 0 saturated carbocycles. The first-order valence-corrected chi connectivity index (χ1v) is 11.2. The lowest BCUT2D eigenvalue weighted by Crippen LogP contribution is -2.70. The van der Waals surface area contributed by atoms with Crippen LogP contribution in [0, 0.1) is 5.92 Å². The van der Waals surface area contributed by atoms with E-state index in [1.54, 1.807) is 0 Å². The summed E-state index contributed by atoms with van der Waals surface area (Å²) < 4.78 is 13.0. The highest BCUT2D eigenvalue weighted by molar-refractivity contribution is 5.84. The fraction of sp³-hybridized carbons (Fsp3) is 0.423. The second kappa shape index (κ2) is 7.07. The summed E-state index contributed by atoms with van der Waals surface area (Å²) in [6.07, 6.45) is 5.68. The molecule has 5 atom stereocenters. The molecule has 3 aromatic rings. The molecule has 0 radical (unpaired) electrons. The van der Waals surface area contributed by atoms with Gasteiger partial charge >= 0.3 is 0 Å². The van der Waals surface area contributed by atoms with Gasteiger partial charge in [0.25, 0.3) is 0 Å². The number of aromatic nitrogens is 1. The van der Waals surface area contributed by atoms with E-state index in [0.717, 1.165) is 29.6 Å². The minimum atomic E-state index is 0.0225. The topological polar surface area (TPSA) is 34.6 Å². The highest BCUT2D eigenvalue weighted by atomic mass is 16.5. The first-order valence-electron chi connectivity index (χ1n) is 11.2. The van der Waals surface area contributed by atoms with Gasteiger partial charge in [0.05, 0.1) is 17.2 Å². The van der Waals surface area contributed by atoms with Gasteiger partial charge in [0.15, 0.2) is 0 Å². The Hall–Kier alpha value is -2.43. The molecule has 5 fully saturated rings. The van der Waals surface area contributed by atoms with E-state index in [0.29, 0.717) is 18.6 Å². The van der Waals surface area contributed by atoms with Crippen LogP contribution < -0.4 is 4.74 Å². The lowest BCUT2D eigenvalue weighted by molar-refractivity contribution is -0.274. The average molecular weight is 401 g/mol. The Morgan fingerprint density at radius 1 is 1.17 bits per heavy atom. The molecule has 4 nitrogen and oxygen atoms in total. The van der Waals surface area contributed by atoms with Gasteiger partial charge in [-0.05, 0) is 67.1 Å². The average Bonchev–Trinajstić information content (AvgIpc) is 2.82. The van der Waals surface area contributed by atoms with Crippen LogP contribution in [0.3, 0.4) is 0 Å². The Labute approximate surface area is 177 Å². The van der Waals surface area contributed by atoms with Crippen LogP contribution in [-0.2, 0) is 11.3 Å². The summed E-state index contributed by atoms with van der Waals surface area (Å²) in [5.74, 6) is 1.60. The first kappa shape index (κ1) is 18.3. The lowest BCUT2D eigenvalue weighted by atomic mass is 9.66. The molecule has 8 rings (SSSR count). The van der Waals surface area contributed by atoms with Crippen molar-refractivity contribution >= 4 is 10.9 Å². The number of piperidine rings is 3. The van der Waals surface area contributed by atoms with Crippen molar-refractivity contribution in [2.24, 2.45) is 5.92 Å². The zero-order chi connectivity index (χ0) is 20.1. The largest absolute Gasteiger partial charge is 0.489 e. The number of ether oxygens (including phenoxy) is 2. The Kier molecular flexibility index (Phi) is 4.32. The molecule has 30 heavy (non-hydrogen) atoms. The van der Waals surface area contributed by atoms with Crippen LogP contribution in [0.2, 0.25) is 0 Å². The van der Waals surface area contributed by atoms with Gasteiger partial charge < -0.3 is 9.47 Å². The Morgan fingerprint density at radius 3 is 2.87 bits per heavy atom. The van der Waals surface area contributed by atoms with Gasteiger partial charge in [0.1, 0.15) is 12.4 Å². The van der Waals surface area contributed by atoms with Crippen LogP contribution in [0.1, 0.15) is 43.4 Å². The van der Waals surface area contributed by atoms with Crippen LogP contribution in [-0.4, -0.2) is 34.6 Å². The maximum atomic E-state index is 6.91. The van der Waals surface area contributed by atoms with E-state index in [4.69, 9.17) is 9.47 Å². The number of fused-ring (bicyclic) bond motifs is 3. The zero-order valence-corrected chi connectivity index (χ0v) is 17.5. The molecular formula is C26H28N2O2. The summed E-state index contributed by atoms with van der Waals surface area (Å²) >= 11 is 0. The third kappa shape index (κ3) is 2.85. The molecule has 2 aromatic carbocycles. The highest BCUT2D eigenvalue weighted by Crippen LogP contribution is 2.54. The fourth-order valence-electron chi connectivity index (χ4n) is 5.95. The molecule has 0 N–H and O–H groups in total. The SMILES string of the molecule is CC[C@]12CN3CCC1C[C@@H]3[C@H](c1ccnc3ccc(OCc4ccccc4)cc13)O2. The van der Waals surface area contributed by atoms with E-state index in [9.17, 15) is 0 Å². The second-order valence-corrected chi connectivity index (χ2v) is 9.07. The second-order valence-electron chi connectivity index (χ2n) is 9.07. The third-order valence-corrected chi connectivity index (χ3v) is 7.59. The van der Waals surface area contributed by atoms with Crippen LogP contribution in [0.4, 0.5) is 0 Å². The Balaban J connectivity index is 1.34. The number of morpholine rings is 1. The van der Waals surface area contributed by atoms with Gasteiger partial charge in [-0.1, -0.05) is 37.3 Å². The smallest absolute Gasteiger partial charge is 0.120 e. The molecule has 4 bridgehead atoms. The maximum Gasteiger partial charge on any atom is 0.120 e. The van der Waals surface area contributed by atoms with Gasteiger partial charge in [-0.25, -0.2) is 0 Å². The van der Waals surface area contributed by atoms with Crippen molar-refractivity contribution in [3.05, 3.63) is 71.9 Å². The van der Waals surface area contributed by atoms with Crippen molar-refractivity contribution in [1.82, 2.24) is 9.88 Å². The van der Waals surface area contributed by atoms with E-state index in [2.05, 4.69) is 47.1 Å². The molecule has 0 aliphatic carbocycles. The van der Waals surface area contributed by atoms with E-state index in [1.807, 2.05) is 30.5 Å². The Bertz CT molecular complexity index is 1070. The molecule has 4 heteroatoms. The predicted molar refractivity (Wildman–Crippen MR) is 117 cm³/mol. The minimum absolute atomic E-state index is 0.0225. The molecule has 6 heterocycles. The summed E-state index contributed by atoms with van der Waals surface area (Å²) in [6, 6.07) is 19.2. The van der Waals surface area contributed by atoms with Gasteiger partial charge in [-0.3, -0.25) is 9.88 Å². The van der Waals surface area contributed by atoms with Crippen LogP contribution >= 0.6 is 0 Å². The van der Waals surface area contributed by atoms with Crippen molar-refractivity contribution in [3.63, 3.8) is 0 Å². The standard InChI is InChI=1S/C26H28N2O2/c1-2-26-17-28-13-11-19(26)14-24(28)25(30-26)21-10-12-27-23-9-8-20(15-22(21)23)29-16-18-6-4-3-5-7-18/h3-10,12,15,19,24-25H,2,11,13-14,16-17H2,1H3/t19?,24-,25+,26+/m1/s1. The van der Waals surface area contributed by atoms with Crippen molar-refractivity contribution in [2.75, 3.05) is 13.1 Å². The fourth-order valence-corrected chi connectivity index (χ4v) is 5.95. The van der Waals surface area contributed by atoms with Crippen LogP contribution in [0.5, 0.6) is 5.75 Å². The monoisotopic (exact) mass is 400 g/mol. The number of nitrogens with zero attached hydrogens (tertiary/aromatic N) is 2. The quantitative estimate of drug-likeness (QED) is 0.595. The molecule has 5 aliphatic heterocycles. The highest BCUT2D eigenvalue weighted by Gasteiger charge is 2.58. The summed E-state index contributed by atoms with van der Waals surface area (Å²) in [5, 5.41) is 1.16. The summed E-state index contributed by atoms with van der Waals surface area (Å²) in [4.78, 5) is 7.30. The number of hydrogen-bond donors (Lipinski definition) is 0. The maximum absolute atomic E-state index is 6.91. The zero-order valence-electron chi connectivity index (χ0n) is 17.5. The third-order valence-electron chi connectivity index (χ3n) is 7.59. The van der Waals surface area contributed by atoms with Crippen molar-refractivity contribution in [2.45, 2.75) is 50.5 Å². The van der Waals surface area contributed by atoms with Gasteiger partial charge in [0.2, 0.25) is 0 Å². The summed E-state index contributed by atoms with van der Waals surface area (Å²) in [6.45, 7) is 5.17. The summed E-state index contributed by atoms with van der Waals surface area (Å²) in [5.41, 5.74) is 3.47. The van der Waals surface area contributed by atoms with E-state index in [-0.39, 0.29) is 11.7 Å². The van der Waals surface area contributed by atoms with Gasteiger partial charge in [-0.15, -0.1) is 0 Å². The number of hydrogen-bond acceptors (Lipinski definition) is 4. The van der Waals surface area contributed by atoms with Gasteiger partial charge in [-0.2, -0.15) is 0 Å². The number of rotatable bonds is 5. The molecular weight excluding hydrogens is 372 g/mol. The van der Waals surface area contributed by atoms with Crippen molar-refractivity contribution in [3.8, 4) is 5.75 Å². The number of benzene rings is 2. The lowest BCUT2D eigenvalue weighted by Gasteiger charge is -2.64.